The molecule has 0 radical (unpaired) electrons. The van der Waals surface area contributed by atoms with E-state index in [9.17, 15) is 5.26 Å². The molecule has 30 heavy (non-hydrogen) atoms. The van der Waals surface area contributed by atoms with Crippen LogP contribution in [0.2, 0.25) is 5.02 Å². The summed E-state index contributed by atoms with van der Waals surface area (Å²) in [6.07, 6.45) is 8.28. The van der Waals surface area contributed by atoms with Crippen LogP contribution in [0.25, 0.3) is 11.3 Å². The SMILES string of the molecule is Cc1cnc(NCC2CCCCC2)nc1/C(C#N)=C1/NC(c2ccc(Cl)cc2)=CS1. The molecule has 1 saturated carbocycles. The van der Waals surface area contributed by atoms with E-state index in [0.717, 1.165) is 28.4 Å². The third kappa shape index (κ3) is 4.80. The number of anilines is 1. The highest BCUT2D eigenvalue weighted by molar-refractivity contribution is 8.06. The highest BCUT2D eigenvalue weighted by Crippen LogP contribution is 2.35. The van der Waals surface area contributed by atoms with Gasteiger partial charge in [-0.1, -0.05) is 54.8 Å². The van der Waals surface area contributed by atoms with Crippen molar-refractivity contribution in [3.8, 4) is 6.07 Å². The monoisotopic (exact) mass is 437 g/mol. The number of hydrogen-bond acceptors (Lipinski definition) is 6. The third-order valence-electron chi connectivity index (χ3n) is 5.52. The van der Waals surface area contributed by atoms with Gasteiger partial charge in [0.1, 0.15) is 11.6 Å². The molecule has 1 aliphatic carbocycles. The summed E-state index contributed by atoms with van der Waals surface area (Å²) in [5, 5.41) is 20.1. The Labute approximate surface area is 186 Å². The van der Waals surface area contributed by atoms with Crippen LogP contribution >= 0.6 is 23.4 Å². The fourth-order valence-corrected chi connectivity index (χ4v) is 4.79. The van der Waals surface area contributed by atoms with E-state index in [4.69, 9.17) is 11.6 Å². The molecule has 5 nitrogen and oxygen atoms in total. The van der Waals surface area contributed by atoms with Crippen molar-refractivity contribution in [2.24, 2.45) is 5.92 Å². The largest absolute Gasteiger partial charge is 0.354 e. The second-order valence-corrected chi connectivity index (χ2v) is 9.02. The van der Waals surface area contributed by atoms with Crippen LogP contribution < -0.4 is 10.6 Å². The van der Waals surface area contributed by atoms with Crippen molar-refractivity contribution in [1.82, 2.24) is 15.3 Å². The van der Waals surface area contributed by atoms with Crippen molar-refractivity contribution in [2.75, 3.05) is 11.9 Å². The lowest BCUT2D eigenvalue weighted by molar-refractivity contribution is 0.373. The third-order valence-corrected chi connectivity index (χ3v) is 6.67. The fourth-order valence-electron chi connectivity index (χ4n) is 3.81. The maximum absolute atomic E-state index is 9.90. The molecule has 0 bridgehead atoms. The van der Waals surface area contributed by atoms with E-state index in [1.165, 1.54) is 43.9 Å². The zero-order valence-corrected chi connectivity index (χ0v) is 18.5. The zero-order chi connectivity index (χ0) is 20.9. The lowest BCUT2D eigenvalue weighted by Gasteiger charge is -2.21. The van der Waals surface area contributed by atoms with Crippen LogP contribution in [0.5, 0.6) is 0 Å². The Balaban J connectivity index is 1.52. The summed E-state index contributed by atoms with van der Waals surface area (Å²) in [6, 6.07) is 9.97. The van der Waals surface area contributed by atoms with Crippen molar-refractivity contribution in [1.29, 1.82) is 5.26 Å². The Hall–Kier alpha value is -2.49. The van der Waals surface area contributed by atoms with E-state index in [1.807, 2.05) is 36.6 Å². The molecular formula is C23H24ClN5S. The summed E-state index contributed by atoms with van der Waals surface area (Å²) in [5.74, 6) is 1.27. The maximum atomic E-state index is 9.90. The molecule has 1 aliphatic heterocycles. The van der Waals surface area contributed by atoms with E-state index < -0.39 is 0 Å². The van der Waals surface area contributed by atoms with Crippen LogP contribution in [0.4, 0.5) is 5.95 Å². The maximum Gasteiger partial charge on any atom is 0.223 e. The second-order valence-electron chi connectivity index (χ2n) is 7.71. The first-order valence-corrected chi connectivity index (χ1v) is 11.5. The number of hydrogen-bond donors (Lipinski definition) is 2. The molecule has 4 rings (SSSR count). The van der Waals surface area contributed by atoms with Crippen molar-refractivity contribution < 1.29 is 0 Å². The summed E-state index contributed by atoms with van der Waals surface area (Å²) in [6.45, 7) is 2.82. The Morgan fingerprint density at radius 1 is 1.27 bits per heavy atom. The van der Waals surface area contributed by atoms with Gasteiger partial charge in [0.05, 0.1) is 16.4 Å². The van der Waals surface area contributed by atoms with E-state index in [-0.39, 0.29) is 0 Å². The molecule has 2 N–H and O–H groups in total. The van der Waals surface area contributed by atoms with Crippen LogP contribution in [-0.4, -0.2) is 16.5 Å². The van der Waals surface area contributed by atoms with Crippen molar-refractivity contribution in [2.45, 2.75) is 39.0 Å². The number of rotatable bonds is 5. The quantitative estimate of drug-likeness (QED) is 0.562. The predicted octanol–water partition coefficient (Wildman–Crippen LogP) is 5.96. The molecule has 1 aromatic heterocycles. The number of nitrogens with zero attached hydrogens (tertiary/aromatic N) is 3. The van der Waals surface area contributed by atoms with E-state index in [0.29, 0.717) is 28.2 Å². The van der Waals surface area contributed by atoms with Gasteiger partial charge in [-0.2, -0.15) is 5.26 Å². The van der Waals surface area contributed by atoms with Crippen molar-refractivity contribution in [3.05, 3.63) is 62.7 Å². The number of nitrogens with one attached hydrogen (secondary N) is 2. The Bertz CT molecular complexity index is 1020. The van der Waals surface area contributed by atoms with Gasteiger partial charge in [-0.3, -0.25) is 0 Å². The molecule has 1 aromatic carbocycles. The highest BCUT2D eigenvalue weighted by atomic mass is 35.5. The molecule has 0 saturated heterocycles. The summed E-state index contributed by atoms with van der Waals surface area (Å²) in [7, 11) is 0. The topological polar surface area (TPSA) is 73.6 Å². The summed E-state index contributed by atoms with van der Waals surface area (Å²) >= 11 is 7.49. The van der Waals surface area contributed by atoms with Gasteiger partial charge in [-0.15, -0.1) is 0 Å². The van der Waals surface area contributed by atoms with E-state index >= 15 is 0 Å². The fraction of sp³-hybridized carbons (Fsp3) is 0.348. The minimum atomic E-state index is 0.529. The van der Waals surface area contributed by atoms with Gasteiger partial charge in [-0.05, 0) is 48.9 Å². The number of aryl methyl sites for hydroxylation is 1. The van der Waals surface area contributed by atoms with E-state index in [1.54, 1.807) is 6.20 Å². The number of halogens is 1. The minimum absolute atomic E-state index is 0.529. The lowest BCUT2D eigenvalue weighted by Crippen LogP contribution is -2.18. The molecule has 7 heteroatoms. The standard InChI is InChI=1S/C23H24ClN5S/c1-15-12-26-23(27-13-16-5-3-2-4-6-16)29-21(15)19(11-25)22-28-20(14-30-22)17-7-9-18(24)10-8-17/h7-10,12,14,16,28H,2-6,13H2,1H3,(H,26,27,29)/b22-19-. The van der Waals surface area contributed by atoms with Crippen LogP contribution in [-0.2, 0) is 0 Å². The summed E-state index contributed by atoms with van der Waals surface area (Å²) < 4.78 is 0. The lowest BCUT2D eigenvalue weighted by atomic mass is 9.89. The predicted molar refractivity (Wildman–Crippen MR) is 125 cm³/mol. The molecule has 2 aliphatic rings. The molecule has 0 amide bonds. The Morgan fingerprint density at radius 3 is 2.77 bits per heavy atom. The number of aromatic nitrogens is 2. The highest BCUT2D eigenvalue weighted by Gasteiger charge is 2.20. The van der Waals surface area contributed by atoms with Gasteiger partial charge in [0, 0.05) is 23.2 Å². The van der Waals surface area contributed by atoms with Crippen LogP contribution in [0.15, 0.2) is 40.9 Å². The number of nitriles is 1. The van der Waals surface area contributed by atoms with Gasteiger partial charge in [-0.25, -0.2) is 9.97 Å². The van der Waals surface area contributed by atoms with Gasteiger partial charge in [0.15, 0.2) is 0 Å². The first kappa shape index (κ1) is 20.8. The van der Waals surface area contributed by atoms with Crippen molar-refractivity contribution >= 4 is 40.6 Å². The molecular weight excluding hydrogens is 414 g/mol. The molecule has 2 heterocycles. The molecule has 0 spiro atoms. The summed E-state index contributed by atoms with van der Waals surface area (Å²) in [4.78, 5) is 9.12. The number of allylic oxidation sites excluding steroid dienone is 1. The Morgan fingerprint density at radius 2 is 2.03 bits per heavy atom. The molecule has 0 unspecified atom stereocenters. The first-order valence-electron chi connectivity index (χ1n) is 10.3. The van der Waals surface area contributed by atoms with Crippen LogP contribution in [0.3, 0.4) is 0 Å². The van der Waals surface area contributed by atoms with Crippen molar-refractivity contribution in [3.63, 3.8) is 0 Å². The van der Waals surface area contributed by atoms with Gasteiger partial charge in [0.25, 0.3) is 0 Å². The average molecular weight is 438 g/mol. The molecule has 2 aromatic rings. The van der Waals surface area contributed by atoms with Crippen LogP contribution in [0.1, 0.15) is 48.9 Å². The molecule has 154 valence electrons. The van der Waals surface area contributed by atoms with Crippen LogP contribution in [0, 0.1) is 24.2 Å². The minimum Gasteiger partial charge on any atom is -0.354 e. The number of thioether (sulfide) groups is 1. The number of benzene rings is 1. The first-order chi connectivity index (χ1) is 14.6. The zero-order valence-electron chi connectivity index (χ0n) is 16.9. The van der Waals surface area contributed by atoms with Gasteiger partial charge < -0.3 is 10.6 Å². The molecule has 0 atom stereocenters. The van der Waals surface area contributed by atoms with Gasteiger partial charge in [0.2, 0.25) is 5.95 Å². The molecule has 1 fully saturated rings. The average Bonchev–Trinajstić information content (AvgIpc) is 3.25. The normalized spacial score (nSPS) is 18.4. The smallest absolute Gasteiger partial charge is 0.223 e. The van der Waals surface area contributed by atoms with E-state index in [2.05, 4.69) is 26.7 Å². The van der Waals surface area contributed by atoms with Gasteiger partial charge >= 0.3 is 0 Å². The Kier molecular flexibility index (Phi) is 6.61. The second kappa shape index (κ2) is 9.55. The summed E-state index contributed by atoms with van der Waals surface area (Å²) in [5.41, 5.74) is 4.04.